The quantitative estimate of drug-likeness (QED) is 0.311. The summed E-state index contributed by atoms with van der Waals surface area (Å²) in [5.41, 5.74) is 3.06. The number of amides is 1. The monoisotopic (exact) mass is 440 g/mol. The molecule has 5 heteroatoms. The Morgan fingerprint density at radius 2 is 1.77 bits per heavy atom. The van der Waals surface area contributed by atoms with Crippen molar-refractivity contribution in [3.05, 3.63) is 59.7 Å². The minimum Gasteiger partial charge on any atom is -0.494 e. The maximum absolute atomic E-state index is 12.6. The molecule has 0 saturated heterocycles. The van der Waals surface area contributed by atoms with Gasteiger partial charge in [0.1, 0.15) is 5.75 Å². The smallest absolute Gasteiger partial charge is 0.233 e. The van der Waals surface area contributed by atoms with E-state index in [4.69, 9.17) is 17.0 Å². The van der Waals surface area contributed by atoms with Crippen LogP contribution in [0.5, 0.6) is 5.75 Å². The van der Waals surface area contributed by atoms with Crippen molar-refractivity contribution < 1.29 is 9.53 Å². The normalized spacial score (nSPS) is 11.8. The molecule has 0 fully saturated rings. The SMILES string of the molecule is CCCCCCOc1cccc(NC(=S)NC(=O)C(C)c2ccc(CC(C)C)cc2)c1. The van der Waals surface area contributed by atoms with Gasteiger partial charge in [-0.25, -0.2) is 0 Å². The number of carbonyl (C=O) groups excluding carboxylic acids is 1. The number of benzene rings is 2. The highest BCUT2D eigenvalue weighted by molar-refractivity contribution is 7.80. The van der Waals surface area contributed by atoms with Crippen molar-refractivity contribution in [2.45, 2.75) is 65.7 Å². The first-order chi connectivity index (χ1) is 14.9. The summed E-state index contributed by atoms with van der Waals surface area (Å²) in [5.74, 6) is 0.994. The molecule has 168 valence electrons. The molecule has 0 aliphatic heterocycles. The van der Waals surface area contributed by atoms with Crippen LogP contribution >= 0.6 is 12.2 Å². The molecule has 0 aliphatic carbocycles. The standard InChI is InChI=1S/C26H36N2O2S/c1-5-6-7-8-16-30-24-11-9-10-23(18-24)27-26(31)28-25(29)20(4)22-14-12-21(13-15-22)17-19(2)3/h9-15,18-20H,5-8,16-17H2,1-4H3,(H2,27,28,29,31). The number of anilines is 1. The fraction of sp³-hybridized carbons (Fsp3) is 0.462. The van der Waals surface area contributed by atoms with E-state index in [0.717, 1.165) is 29.8 Å². The third-order valence-electron chi connectivity index (χ3n) is 5.11. The van der Waals surface area contributed by atoms with E-state index in [1.165, 1.54) is 24.8 Å². The number of nitrogens with one attached hydrogen (secondary N) is 2. The molecule has 0 saturated carbocycles. The first-order valence-corrected chi connectivity index (χ1v) is 11.7. The average molecular weight is 441 g/mol. The number of rotatable bonds is 11. The topological polar surface area (TPSA) is 50.4 Å². The second-order valence-electron chi connectivity index (χ2n) is 8.44. The van der Waals surface area contributed by atoms with Crippen LogP contribution in [0.25, 0.3) is 0 Å². The third-order valence-corrected chi connectivity index (χ3v) is 5.32. The molecular weight excluding hydrogens is 404 g/mol. The molecule has 2 aromatic carbocycles. The van der Waals surface area contributed by atoms with Crippen LogP contribution in [0, 0.1) is 5.92 Å². The lowest BCUT2D eigenvalue weighted by Crippen LogP contribution is -2.36. The van der Waals surface area contributed by atoms with Crippen molar-refractivity contribution in [3.8, 4) is 5.75 Å². The molecule has 2 N–H and O–H groups in total. The van der Waals surface area contributed by atoms with Crippen LogP contribution in [0.15, 0.2) is 48.5 Å². The van der Waals surface area contributed by atoms with Gasteiger partial charge in [0, 0.05) is 11.8 Å². The zero-order chi connectivity index (χ0) is 22.6. The Kier molecular flexibility index (Phi) is 10.5. The van der Waals surface area contributed by atoms with Gasteiger partial charge in [-0.1, -0.05) is 70.4 Å². The van der Waals surface area contributed by atoms with Gasteiger partial charge in [0.2, 0.25) is 5.91 Å². The fourth-order valence-corrected chi connectivity index (χ4v) is 3.55. The van der Waals surface area contributed by atoms with E-state index in [9.17, 15) is 4.79 Å². The number of hydrogen-bond donors (Lipinski definition) is 2. The van der Waals surface area contributed by atoms with Gasteiger partial charge < -0.3 is 15.4 Å². The molecule has 0 aliphatic rings. The van der Waals surface area contributed by atoms with Gasteiger partial charge in [-0.3, -0.25) is 4.79 Å². The number of hydrogen-bond acceptors (Lipinski definition) is 3. The number of carbonyl (C=O) groups is 1. The first kappa shape index (κ1) is 24.9. The summed E-state index contributed by atoms with van der Waals surface area (Å²) in [6.45, 7) is 9.20. The van der Waals surface area contributed by atoms with E-state index < -0.39 is 0 Å². The number of unbranched alkanes of at least 4 members (excludes halogenated alkanes) is 3. The lowest BCUT2D eigenvalue weighted by Gasteiger charge is -2.15. The summed E-state index contributed by atoms with van der Waals surface area (Å²) in [4.78, 5) is 12.6. The Morgan fingerprint density at radius 3 is 2.45 bits per heavy atom. The van der Waals surface area contributed by atoms with Gasteiger partial charge in [-0.05, 0) is 61.2 Å². The largest absolute Gasteiger partial charge is 0.494 e. The molecule has 1 atom stereocenters. The van der Waals surface area contributed by atoms with Crippen molar-refractivity contribution in [2.75, 3.05) is 11.9 Å². The summed E-state index contributed by atoms with van der Waals surface area (Å²) < 4.78 is 5.81. The van der Waals surface area contributed by atoms with Gasteiger partial charge in [-0.15, -0.1) is 0 Å². The Balaban J connectivity index is 1.84. The first-order valence-electron chi connectivity index (χ1n) is 11.3. The van der Waals surface area contributed by atoms with Gasteiger partial charge in [0.25, 0.3) is 0 Å². The zero-order valence-corrected chi connectivity index (χ0v) is 20.1. The van der Waals surface area contributed by atoms with Crippen LogP contribution in [0.1, 0.15) is 70.4 Å². The van der Waals surface area contributed by atoms with Crippen LogP contribution in [-0.4, -0.2) is 17.6 Å². The molecule has 4 nitrogen and oxygen atoms in total. The lowest BCUT2D eigenvalue weighted by molar-refractivity contribution is -0.120. The molecule has 2 aromatic rings. The Hall–Kier alpha value is -2.40. The molecule has 0 heterocycles. The molecule has 0 spiro atoms. The van der Waals surface area contributed by atoms with E-state index in [1.54, 1.807) is 0 Å². The summed E-state index contributed by atoms with van der Waals surface area (Å²) in [5, 5.41) is 6.17. The van der Waals surface area contributed by atoms with Crippen LogP contribution in [0.3, 0.4) is 0 Å². The second-order valence-corrected chi connectivity index (χ2v) is 8.85. The highest BCUT2D eigenvalue weighted by Gasteiger charge is 2.16. The summed E-state index contributed by atoms with van der Waals surface area (Å²) >= 11 is 5.34. The van der Waals surface area contributed by atoms with Crippen molar-refractivity contribution in [3.63, 3.8) is 0 Å². The average Bonchev–Trinajstić information content (AvgIpc) is 2.73. The minimum atomic E-state index is -0.286. The molecule has 2 rings (SSSR count). The van der Waals surface area contributed by atoms with E-state index in [0.29, 0.717) is 12.5 Å². The van der Waals surface area contributed by atoms with E-state index in [1.807, 2.05) is 43.3 Å². The van der Waals surface area contributed by atoms with Crippen molar-refractivity contribution >= 4 is 28.9 Å². The molecule has 0 radical (unpaired) electrons. The van der Waals surface area contributed by atoms with Gasteiger partial charge in [0.15, 0.2) is 5.11 Å². The van der Waals surface area contributed by atoms with Crippen LogP contribution < -0.4 is 15.4 Å². The highest BCUT2D eigenvalue weighted by Crippen LogP contribution is 2.19. The van der Waals surface area contributed by atoms with E-state index >= 15 is 0 Å². The van der Waals surface area contributed by atoms with Crippen LogP contribution in [0.4, 0.5) is 5.69 Å². The zero-order valence-electron chi connectivity index (χ0n) is 19.2. The minimum absolute atomic E-state index is 0.127. The summed E-state index contributed by atoms with van der Waals surface area (Å²) in [6.07, 6.45) is 5.72. The molecule has 0 aromatic heterocycles. The van der Waals surface area contributed by atoms with Gasteiger partial charge in [-0.2, -0.15) is 0 Å². The van der Waals surface area contributed by atoms with E-state index in [-0.39, 0.29) is 16.9 Å². The van der Waals surface area contributed by atoms with Crippen molar-refractivity contribution in [2.24, 2.45) is 5.92 Å². The lowest BCUT2D eigenvalue weighted by atomic mass is 9.96. The van der Waals surface area contributed by atoms with E-state index in [2.05, 4.69) is 43.5 Å². The Bertz CT molecular complexity index is 834. The van der Waals surface area contributed by atoms with Gasteiger partial charge in [0.05, 0.1) is 12.5 Å². The van der Waals surface area contributed by atoms with Crippen molar-refractivity contribution in [1.29, 1.82) is 0 Å². The molecule has 1 unspecified atom stereocenters. The van der Waals surface area contributed by atoms with Crippen LogP contribution in [0.2, 0.25) is 0 Å². The number of thiocarbonyl (C=S) groups is 1. The fourth-order valence-electron chi connectivity index (χ4n) is 3.33. The second kappa shape index (κ2) is 13.1. The summed E-state index contributed by atoms with van der Waals surface area (Å²) in [7, 11) is 0. The predicted octanol–water partition coefficient (Wildman–Crippen LogP) is 6.46. The van der Waals surface area contributed by atoms with Gasteiger partial charge >= 0.3 is 0 Å². The maximum atomic E-state index is 12.6. The summed E-state index contributed by atoms with van der Waals surface area (Å²) in [6, 6.07) is 15.9. The highest BCUT2D eigenvalue weighted by atomic mass is 32.1. The molecular formula is C26H36N2O2S. The maximum Gasteiger partial charge on any atom is 0.233 e. The predicted molar refractivity (Wildman–Crippen MR) is 134 cm³/mol. The van der Waals surface area contributed by atoms with Crippen molar-refractivity contribution in [1.82, 2.24) is 5.32 Å². The third kappa shape index (κ3) is 9.09. The Morgan fingerprint density at radius 1 is 1.03 bits per heavy atom. The molecule has 0 bridgehead atoms. The van der Waals surface area contributed by atoms with Crippen LogP contribution in [-0.2, 0) is 11.2 Å². The molecule has 31 heavy (non-hydrogen) atoms. The molecule has 1 amide bonds. The Labute approximate surface area is 192 Å². The number of ether oxygens (including phenoxy) is 1.